The molecule has 13 heteroatoms. The van der Waals surface area contributed by atoms with Gasteiger partial charge in [0, 0.05) is 23.2 Å². The van der Waals surface area contributed by atoms with Crippen molar-refractivity contribution in [1.82, 2.24) is 25.1 Å². The van der Waals surface area contributed by atoms with Crippen LogP contribution in [0.3, 0.4) is 0 Å². The highest BCUT2D eigenvalue weighted by atomic mass is 19.4. The Morgan fingerprint density at radius 3 is 2.38 bits per heavy atom. The minimum Gasteiger partial charge on any atom is -0.444 e. The fourth-order valence-electron chi connectivity index (χ4n) is 3.77. The molecule has 0 saturated heterocycles. The first-order valence-corrected chi connectivity index (χ1v) is 12.8. The largest absolute Gasteiger partial charge is 0.444 e. The number of alkyl halides is 3. The summed E-state index contributed by atoms with van der Waals surface area (Å²) in [5.41, 5.74) is -0.322. The highest BCUT2D eigenvalue weighted by molar-refractivity contribution is 6.42. The number of carbonyl (C=O) groups is 3. The van der Waals surface area contributed by atoms with Crippen molar-refractivity contribution in [3.05, 3.63) is 54.6 Å². The molecule has 3 N–H and O–H groups in total. The number of imidazole rings is 1. The van der Waals surface area contributed by atoms with E-state index in [0.29, 0.717) is 17.7 Å². The third-order valence-electron chi connectivity index (χ3n) is 6.16. The second kappa shape index (κ2) is 12.8. The second-order valence-corrected chi connectivity index (χ2v) is 10.4. The number of H-pyrrole nitrogens is 1. The van der Waals surface area contributed by atoms with Gasteiger partial charge in [0.25, 0.3) is 5.91 Å². The first kappa shape index (κ1) is 30.4. The first-order chi connectivity index (χ1) is 18.8. The van der Waals surface area contributed by atoms with E-state index in [2.05, 4.69) is 25.8 Å². The van der Waals surface area contributed by atoms with Crippen LogP contribution >= 0.6 is 0 Å². The van der Waals surface area contributed by atoms with Crippen LogP contribution in [-0.2, 0) is 27.0 Å². The van der Waals surface area contributed by atoms with Gasteiger partial charge in [0.2, 0.25) is 5.78 Å². The van der Waals surface area contributed by atoms with Crippen LogP contribution in [-0.4, -0.2) is 49.7 Å². The summed E-state index contributed by atoms with van der Waals surface area (Å²) < 4.78 is 46.0. The van der Waals surface area contributed by atoms with E-state index in [1.54, 1.807) is 10.8 Å². The number of ether oxygens (including phenoxy) is 1. The zero-order chi connectivity index (χ0) is 29.5. The molecule has 0 spiro atoms. The summed E-state index contributed by atoms with van der Waals surface area (Å²) in [5, 5.41) is 11.2. The van der Waals surface area contributed by atoms with Crippen molar-refractivity contribution in [2.75, 3.05) is 5.32 Å². The van der Waals surface area contributed by atoms with Gasteiger partial charge >= 0.3 is 12.3 Å². The number of aromatic amines is 1. The van der Waals surface area contributed by atoms with Crippen molar-refractivity contribution in [2.45, 2.75) is 71.8 Å². The fourth-order valence-corrected chi connectivity index (χ4v) is 3.77. The molecule has 0 aliphatic carbocycles. The third-order valence-corrected chi connectivity index (χ3v) is 6.16. The highest BCUT2D eigenvalue weighted by Gasteiger charge is 2.33. The quantitative estimate of drug-likeness (QED) is 0.276. The number of amides is 2. The summed E-state index contributed by atoms with van der Waals surface area (Å²) >= 11 is 0. The number of nitrogens with one attached hydrogen (secondary N) is 3. The molecule has 0 aliphatic rings. The number of ketones is 1. The number of rotatable bonds is 11. The van der Waals surface area contributed by atoms with Gasteiger partial charge in [-0.3, -0.25) is 14.7 Å². The fraction of sp³-hybridized carbons (Fsp3) is 0.444. The Labute approximate surface area is 229 Å². The van der Waals surface area contributed by atoms with Gasteiger partial charge in [-0.25, -0.2) is 9.78 Å². The van der Waals surface area contributed by atoms with E-state index in [9.17, 15) is 27.6 Å². The lowest BCUT2D eigenvalue weighted by atomic mass is 9.89. The van der Waals surface area contributed by atoms with Crippen LogP contribution < -0.4 is 10.6 Å². The molecular weight excluding hydrogens is 529 g/mol. The molecule has 2 aromatic heterocycles. The molecule has 2 heterocycles. The number of carbonyl (C=O) groups excluding carboxylic acids is 3. The number of Topliss-reactive ketones (excluding diaryl/α,β-unsaturated/α-hetero) is 1. The molecule has 40 heavy (non-hydrogen) atoms. The van der Waals surface area contributed by atoms with Gasteiger partial charge in [-0.15, -0.1) is 0 Å². The van der Waals surface area contributed by atoms with Crippen molar-refractivity contribution in [3.63, 3.8) is 0 Å². The molecule has 216 valence electrons. The molecule has 3 rings (SSSR count). The summed E-state index contributed by atoms with van der Waals surface area (Å²) in [7, 11) is 0. The predicted molar refractivity (Wildman–Crippen MR) is 141 cm³/mol. The maximum absolute atomic E-state index is 12.9. The number of hydrogen-bond acceptors (Lipinski definition) is 6. The summed E-state index contributed by atoms with van der Waals surface area (Å²) in [5.74, 6) is -1.46. The van der Waals surface area contributed by atoms with Gasteiger partial charge in [0.05, 0.1) is 30.3 Å². The van der Waals surface area contributed by atoms with Crippen molar-refractivity contribution < 1.29 is 32.3 Å². The minimum absolute atomic E-state index is 0.193. The van der Waals surface area contributed by atoms with Gasteiger partial charge in [-0.2, -0.15) is 18.3 Å². The molecule has 1 aromatic carbocycles. The highest BCUT2D eigenvalue weighted by Crippen LogP contribution is 2.31. The van der Waals surface area contributed by atoms with Crippen molar-refractivity contribution in [3.8, 4) is 11.3 Å². The Morgan fingerprint density at radius 2 is 1.80 bits per heavy atom. The smallest absolute Gasteiger partial charge is 0.416 e. The van der Waals surface area contributed by atoms with Crippen LogP contribution in [0.4, 0.5) is 23.8 Å². The van der Waals surface area contributed by atoms with Crippen molar-refractivity contribution in [1.29, 1.82) is 0 Å². The van der Waals surface area contributed by atoms with Gasteiger partial charge in [-0.1, -0.05) is 52.7 Å². The molecular formula is C27H33F3N6O4. The molecule has 0 fully saturated rings. The lowest BCUT2D eigenvalue weighted by Gasteiger charge is -2.31. The van der Waals surface area contributed by atoms with Crippen molar-refractivity contribution >= 4 is 23.6 Å². The normalized spacial score (nSPS) is 13.4. The number of anilines is 1. The molecule has 10 nitrogen and oxygen atoms in total. The van der Waals surface area contributed by atoms with E-state index >= 15 is 0 Å². The number of aromatic nitrogens is 4. The Hall–Kier alpha value is -4.16. The lowest BCUT2D eigenvalue weighted by molar-refractivity contribution is -0.137. The van der Waals surface area contributed by atoms with Gasteiger partial charge in [-0.05, 0) is 18.6 Å². The number of alkyl carbamates (subject to hydrolysis) is 1. The maximum atomic E-state index is 12.9. The lowest BCUT2D eigenvalue weighted by Crippen LogP contribution is -2.48. The van der Waals surface area contributed by atoms with Gasteiger partial charge in [0.1, 0.15) is 18.0 Å². The average molecular weight is 563 g/mol. The second-order valence-electron chi connectivity index (χ2n) is 10.4. The molecule has 3 aromatic rings. The Morgan fingerprint density at radius 1 is 1.10 bits per heavy atom. The number of halogens is 3. The zero-order valence-electron chi connectivity index (χ0n) is 22.7. The van der Waals surface area contributed by atoms with Crippen LogP contribution in [0.2, 0.25) is 0 Å². The van der Waals surface area contributed by atoms with Crippen LogP contribution in [0, 0.1) is 5.41 Å². The number of benzene rings is 1. The zero-order valence-corrected chi connectivity index (χ0v) is 22.7. The molecule has 0 aliphatic heterocycles. The van der Waals surface area contributed by atoms with E-state index in [1.807, 2.05) is 27.7 Å². The standard InChI is InChI=1S/C27H33F3N6O4/c1-5-6-7-19(23(37)24(38)34-22-12-13-32-35-22)33-25(39)40-21(26(2,3)4)15-36-14-20(31-16-36)17-8-10-18(11-9-17)27(28,29)30/h8-14,16,19,21H,5-7,15H2,1-4H3,(H,33,39)(H2,32,34,35,38)/t19-,21+/m0/s1. The van der Waals surface area contributed by atoms with Crippen LogP contribution in [0.1, 0.15) is 52.5 Å². The SMILES string of the molecule is CCCC[C@H](NC(=O)O[C@H](Cn1cnc(-c2ccc(C(F)(F)F)cc2)c1)C(C)(C)C)C(=O)C(=O)Nc1ccn[nH]1. The first-order valence-electron chi connectivity index (χ1n) is 12.8. The minimum atomic E-state index is -4.43. The van der Waals surface area contributed by atoms with Crippen LogP contribution in [0.15, 0.2) is 49.1 Å². The van der Waals surface area contributed by atoms with Crippen LogP contribution in [0.25, 0.3) is 11.3 Å². The molecule has 0 unspecified atom stereocenters. The monoisotopic (exact) mass is 562 g/mol. The maximum Gasteiger partial charge on any atom is 0.416 e. The van der Waals surface area contributed by atoms with E-state index in [-0.39, 0.29) is 18.8 Å². The van der Waals surface area contributed by atoms with Crippen molar-refractivity contribution in [2.24, 2.45) is 5.41 Å². The molecule has 0 bridgehead atoms. The Balaban J connectivity index is 1.68. The molecule has 2 atom stereocenters. The number of nitrogens with zero attached hydrogens (tertiary/aromatic N) is 3. The van der Waals surface area contributed by atoms with Gasteiger partial charge in [0.15, 0.2) is 0 Å². The topological polar surface area (TPSA) is 131 Å². The van der Waals surface area contributed by atoms with E-state index in [0.717, 1.165) is 18.6 Å². The molecule has 2 amide bonds. The summed E-state index contributed by atoms with van der Waals surface area (Å²) in [6.07, 6.45) is 0.196. The molecule has 0 radical (unpaired) electrons. The summed E-state index contributed by atoms with van der Waals surface area (Å²) in [4.78, 5) is 42.4. The number of hydrogen-bond donors (Lipinski definition) is 3. The third kappa shape index (κ3) is 8.42. The van der Waals surface area contributed by atoms with E-state index in [4.69, 9.17) is 4.74 Å². The Bertz CT molecular complexity index is 1280. The predicted octanol–water partition coefficient (Wildman–Crippen LogP) is 5.20. The van der Waals surface area contributed by atoms with E-state index < -0.39 is 47.1 Å². The Kier molecular flexibility index (Phi) is 9.72. The number of unbranched alkanes of at least 4 members (excludes halogenated alkanes) is 1. The average Bonchev–Trinajstić information content (AvgIpc) is 3.57. The van der Waals surface area contributed by atoms with Gasteiger partial charge < -0.3 is 19.9 Å². The van der Waals surface area contributed by atoms with Crippen LogP contribution in [0.5, 0.6) is 0 Å². The summed E-state index contributed by atoms with van der Waals surface area (Å²) in [6, 6.07) is 5.07. The summed E-state index contributed by atoms with van der Waals surface area (Å²) in [6.45, 7) is 7.73. The van der Waals surface area contributed by atoms with E-state index in [1.165, 1.54) is 30.7 Å². The molecule has 0 saturated carbocycles.